The molecule has 0 bridgehead atoms. The maximum Gasteiger partial charge on any atom is 0.329 e. The molecule has 3 aromatic heterocycles. The van der Waals surface area contributed by atoms with Crippen molar-refractivity contribution in [3.8, 4) is 17.1 Å². The normalized spacial score (nSPS) is 14.1. The van der Waals surface area contributed by atoms with Crippen LogP contribution < -0.4 is 31.7 Å². The van der Waals surface area contributed by atoms with Gasteiger partial charge in [0.25, 0.3) is 11.8 Å². The number of pyridine rings is 1. The summed E-state index contributed by atoms with van der Waals surface area (Å²) in [5.74, 6) is -1.61. The van der Waals surface area contributed by atoms with Gasteiger partial charge in [0, 0.05) is 32.8 Å². The second kappa shape index (κ2) is 17.1. The molecule has 4 amide bonds. The Hall–Kier alpha value is -6.53. The number of benzene rings is 2. The van der Waals surface area contributed by atoms with Gasteiger partial charge in [-0.2, -0.15) is 0 Å². The quantitative estimate of drug-likeness (QED) is 0.0898. The van der Waals surface area contributed by atoms with E-state index in [0.717, 1.165) is 18.0 Å². The Morgan fingerprint density at radius 2 is 1.75 bits per heavy atom. The van der Waals surface area contributed by atoms with Crippen LogP contribution in [-0.2, 0) is 37.3 Å². The Bertz CT molecular complexity index is 2310. The number of carbonyl (C=O) groups is 4. The Balaban J connectivity index is 1.00. The van der Waals surface area contributed by atoms with Crippen molar-refractivity contribution in [2.24, 2.45) is 7.05 Å². The second-order valence-electron chi connectivity index (χ2n) is 12.4. The molecule has 0 saturated carbocycles. The number of amides is 4. The minimum atomic E-state index is -0.754. The van der Waals surface area contributed by atoms with E-state index in [0.29, 0.717) is 46.7 Å². The minimum absolute atomic E-state index is 0.138. The van der Waals surface area contributed by atoms with Crippen molar-refractivity contribution in [1.29, 1.82) is 0 Å². The van der Waals surface area contributed by atoms with Crippen molar-refractivity contribution in [2.45, 2.75) is 25.3 Å². The molecule has 0 radical (unpaired) electrons. The summed E-state index contributed by atoms with van der Waals surface area (Å²) in [4.78, 5) is 74.7. The summed E-state index contributed by atoms with van der Waals surface area (Å²) in [6.45, 7) is 0.425. The molecular weight excluding hydrogens is 717 g/mol. The van der Waals surface area contributed by atoms with Gasteiger partial charge in [0.2, 0.25) is 11.8 Å². The van der Waals surface area contributed by atoms with Crippen molar-refractivity contribution in [3.05, 3.63) is 88.5 Å². The predicted molar refractivity (Wildman–Crippen MR) is 197 cm³/mol. The number of hydrogen-bond acceptors (Lipinski definition) is 12. The van der Waals surface area contributed by atoms with Gasteiger partial charge in [-0.15, -0.1) is 0 Å². The standard InChI is InChI=1S/C37H38FN9O8/c1-39-35(50)24-19-40-30(16-26(24)43-25-6-4-5-23(33(25)53-3)34-41-17-22(38)18-42-34)44-32(49)20-55-14-13-54-12-11-21-7-8-27-29(15-21)46(2)37(52)47(27)28-9-10-31(48)45-36(28)51/h4-8,15-19,28H,9-14,20H2,1-3H3,(H,39,50)(H,45,48,51)(H2,40,43,44,49). The fraction of sp³-hybridized carbons (Fsp3) is 0.297. The first-order valence-electron chi connectivity index (χ1n) is 17.2. The van der Waals surface area contributed by atoms with Crippen LogP contribution in [0.1, 0.15) is 34.8 Å². The number of aromatic nitrogens is 5. The first-order chi connectivity index (χ1) is 26.6. The van der Waals surface area contributed by atoms with Gasteiger partial charge in [-0.25, -0.2) is 24.1 Å². The van der Waals surface area contributed by atoms with Crippen molar-refractivity contribution in [3.63, 3.8) is 0 Å². The van der Waals surface area contributed by atoms with E-state index < -0.39 is 29.6 Å². The van der Waals surface area contributed by atoms with Crippen LogP contribution in [0.4, 0.5) is 21.6 Å². The van der Waals surface area contributed by atoms with Crippen LogP contribution in [0.3, 0.4) is 0 Å². The number of rotatable bonds is 15. The average molecular weight is 756 g/mol. The molecule has 2 aromatic carbocycles. The van der Waals surface area contributed by atoms with E-state index in [-0.39, 0.29) is 61.5 Å². The van der Waals surface area contributed by atoms with Crippen LogP contribution in [0.2, 0.25) is 0 Å². The predicted octanol–water partition coefficient (Wildman–Crippen LogP) is 2.64. The lowest BCUT2D eigenvalue weighted by molar-refractivity contribution is -0.135. The molecule has 1 aliphatic rings. The molecule has 17 nitrogen and oxygen atoms in total. The fourth-order valence-electron chi connectivity index (χ4n) is 6.12. The third-order valence-corrected chi connectivity index (χ3v) is 8.81. The van der Waals surface area contributed by atoms with Gasteiger partial charge in [-0.3, -0.25) is 33.6 Å². The number of aryl methyl sites for hydroxylation is 1. The maximum absolute atomic E-state index is 13.5. The highest BCUT2D eigenvalue weighted by Crippen LogP contribution is 2.37. The molecule has 1 fully saturated rings. The summed E-state index contributed by atoms with van der Waals surface area (Å²) in [7, 11) is 4.57. The molecule has 1 unspecified atom stereocenters. The molecule has 1 atom stereocenters. The van der Waals surface area contributed by atoms with Gasteiger partial charge in [0.1, 0.15) is 18.5 Å². The number of carbonyl (C=O) groups excluding carboxylic acids is 4. The number of halogens is 1. The third kappa shape index (κ3) is 8.66. The van der Waals surface area contributed by atoms with E-state index in [1.807, 2.05) is 12.1 Å². The number of imide groups is 1. The summed E-state index contributed by atoms with van der Waals surface area (Å²) in [5, 5.41) is 10.7. The summed E-state index contributed by atoms with van der Waals surface area (Å²) in [6.07, 6.45) is 4.37. The first kappa shape index (κ1) is 38.2. The summed E-state index contributed by atoms with van der Waals surface area (Å²) in [5.41, 5.74) is 3.26. The Morgan fingerprint density at radius 1 is 0.964 bits per heavy atom. The molecule has 18 heteroatoms. The third-order valence-electron chi connectivity index (χ3n) is 8.81. The van der Waals surface area contributed by atoms with E-state index in [1.165, 1.54) is 35.6 Å². The van der Waals surface area contributed by atoms with E-state index >= 15 is 0 Å². The first-order valence-corrected chi connectivity index (χ1v) is 17.2. The molecule has 4 heterocycles. The highest BCUT2D eigenvalue weighted by molar-refractivity contribution is 6.02. The number of methoxy groups -OCH3 is 1. The van der Waals surface area contributed by atoms with Crippen LogP contribution in [0.15, 0.2) is 65.8 Å². The summed E-state index contributed by atoms with van der Waals surface area (Å²) >= 11 is 0. The van der Waals surface area contributed by atoms with Crippen LogP contribution in [0.25, 0.3) is 22.4 Å². The zero-order valence-electron chi connectivity index (χ0n) is 30.2. The monoisotopic (exact) mass is 755 g/mol. The smallest absolute Gasteiger partial charge is 0.329 e. The number of fused-ring (bicyclic) bond motifs is 1. The maximum atomic E-state index is 13.5. The summed E-state index contributed by atoms with van der Waals surface area (Å²) in [6, 6.07) is 11.4. The highest BCUT2D eigenvalue weighted by atomic mass is 19.1. The van der Waals surface area contributed by atoms with Gasteiger partial charge in [-0.05, 0) is 42.7 Å². The molecule has 0 spiro atoms. The van der Waals surface area contributed by atoms with E-state index in [9.17, 15) is 28.4 Å². The highest BCUT2D eigenvalue weighted by Gasteiger charge is 2.31. The van der Waals surface area contributed by atoms with E-state index in [1.54, 1.807) is 31.3 Å². The molecule has 1 aliphatic heterocycles. The number of imidazole rings is 1. The van der Waals surface area contributed by atoms with Gasteiger partial charge >= 0.3 is 5.69 Å². The van der Waals surface area contributed by atoms with Crippen molar-refractivity contribution in [2.75, 3.05) is 51.2 Å². The Labute approximate surface area is 313 Å². The van der Waals surface area contributed by atoms with Gasteiger partial charge in [0.05, 0.1) is 72.9 Å². The van der Waals surface area contributed by atoms with Crippen LogP contribution >= 0.6 is 0 Å². The van der Waals surface area contributed by atoms with E-state index in [4.69, 9.17) is 14.2 Å². The van der Waals surface area contributed by atoms with Crippen LogP contribution in [-0.4, -0.2) is 88.3 Å². The number of nitrogens with zero attached hydrogens (tertiary/aromatic N) is 5. The Kier molecular flexibility index (Phi) is 11.9. The number of para-hydroxylation sites is 1. The molecule has 6 rings (SSSR count). The largest absolute Gasteiger partial charge is 0.494 e. The number of piperidine rings is 1. The zero-order chi connectivity index (χ0) is 39.1. The minimum Gasteiger partial charge on any atom is -0.494 e. The van der Waals surface area contributed by atoms with Gasteiger partial charge < -0.3 is 30.2 Å². The number of nitrogens with one attached hydrogen (secondary N) is 4. The molecular formula is C37H38FN9O8. The average Bonchev–Trinajstić information content (AvgIpc) is 3.42. The van der Waals surface area contributed by atoms with Gasteiger partial charge in [-0.1, -0.05) is 12.1 Å². The van der Waals surface area contributed by atoms with Crippen molar-refractivity contribution < 1.29 is 37.8 Å². The number of anilines is 3. The SMILES string of the molecule is CNC(=O)c1cnc(NC(=O)COCCOCCc2ccc3c(c2)n(C)c(=O)n3C2CCC(=O)NC2=O)cc1Nc1cccc(-c2ncc(F)cn2)c1OC. The van der Waals surface area contributed by atoms with Gasteiger partial charge in [0.15, 0.2) is 17.4 Å². The topological polar surface area (TPSA) is 210 Å². The second-order valence-corrected chi connectivity index (χ2v) is 12.4. The molecule has 55 heavy (non-hydrogen) atoms. The van der Waals surface area contributed by atoms with E-state index in [2.05, 4.69) is 36.2 Å². The Morgan fingerprint density at radius 3 is 2.49 bits per heavy atom. The van der Waals surface area contributed by atoms with Crippen molar-refractivity contribution in [1.82, 2.24) is 34.7 Å². The lowest BCUT2D eigenvalue weighted by Gasteiger charge is -2.21. The fourth-order valence-corrected chi connectivity index (χ4v) is 6.12. The molecule has 0 aliphatic carbocycles. The lowest BCUT2D eigenvalue weighted by atomic mass is 10.1. The van der Waals surface area contributed by atoms with Crippen LogP contribution in [0, 0.1) is 5.82 Å². The summed E-state index contributed by atoms with van der Waals surface area (Å²) < 4.78 is 33.2. The molecule has 1 saturated heterocycles. The lowest BCUT2D eigenvalue weighted by Crippen LogP contribution is -2.44. The molecule has 286 valence electrons. The molecule has 4 N–H and O–H groups in total. The van der Waals surface area contributed by atoms with Crippen LogP contribution in [0.5, 0.6) is 5.75 Å². The zero-order valence-corrected chi connectivity index (χ0v) is 30.2. The number of ether oxygens (including phenoxy) is 3. The number of hydrogen-bond donors (Lipinski definition) is 4. The molecule has 5 aromatic rings. The van der Waals surface area contributed by atoms with Crippen molar-refractivity contribution >= 4 is 51.9 Å².